The Labute approximate surface area is 130 Å². The molecule has 0 spiro atoms. The Hall–Kier alpha value is -0.730. The number of hydrogen-bond donors (Lipinski definition) is 0. The molecule has 0 unspecified atom stereocenters. The minimum atomic E-state index is 0.0870. The molecular formula is C16H20Cl2O2. The Bertz CT molecular complexity index is 478. The van der Waals surface area contributed by atoms with E-state index in [-0.39, 0.29) is 11.7 Å². The van der Waals surface area contributed by atoms with Gasteiger partial charge in [-0.2, -0.15) is 0 Å². The highest BCUT2D eigenvalue weighted by atomic mass is 35.5. The number of halogens is 2. The molecule has 1 aromatic carbocycles. The third-order valence-corrected chi connectivity index (χ3v) is 4.42. The predicted octanol–water partition coefficient (Wildman–Crippen LogP) is 5.55. The van der Waals surface area contributed by atoms with Crippen molar-refractivity contribution in [2.45, 2.75) is 45.4 Å². The van der Waals surface area contributed by atoms with Gasteiger partial charge in [0.2, 0.25) is 0 Å². The summed E-state index contributed by atoms with van der Waals surface area (Å²) in [7, 11) is 0. The third kappa shape index (κ3) is 3.67. The first-order valence-corrected chi connectivity index (χ1v) is 8.05. The molecule has 2 rings (SSSR count). The fourth-order valence-electron chi connectivity index (χ4n) is 2.74. The highest BCUT2D eigenvalue weighted by Gasteiger charge is 2.24. The predicted molar refractivity (Wildman–Crippen MR) is 83.2 cm³/mol. The van der Waals surface area contributed by atoms with Crippen molar-refractivity contribution in [2.75, 3.05) is 6.61 Å². The second-order valence-corrected chi connectivity index (χ2v) is 6.06. The normalized spacial score (nSPS) is 16.8. The van der Waals surface area contributed by atoms with E-state index in [0.717, 1.165) is 25.7 Å². The fraction of sp³-hybridized carbons (Fsp3) is 0.562. The molecule has 20 heavy (non-hydrogen) atoms. The van der Waals surface area contributed by atoms with E-state index in [1.165, 1.54) is 12.8 Å². The lowest BCUT2D eigenvalue weighted by Crippen LogP contribution is -2.14. The van der Waals surface area contributed by atoms with Gasteiger partial charge in [0.15, 0.2) is 5.78 Å². The summed E-state index contributed by atoms with van der Waals surface area (Å²) in [6.45, 7) is 2.40. The number of rotatable bonds is 4. The van der Waals surface area contributed by atoms with E-state index in [9.17, 15) is 4.79 Å². The van der Waals surface area contributed by atoms with Gasteiger partial charge in [-0.15, -0.1) is 0 Å². The van der Waals surface area contributed by atoms with Crippen LogP contribution in [0.25, 0.3) is 0 Å². The minimum absolute atomic E-state index is 0.0870. The van der Waals surface area contributed by atoms with Crippen LogP contribution >= 0.6 is 23.2 Å². The largest absolute Gasteiger partial charge is 0.492 e. The molecular weight excluding hydrogens is 295 g/mol. The highest BCUT2D eigenvalue weighted by Crippen LogP contribution is 2.34. The molecule has 0 heterocycles. The van der Waals surface area contributed by atoms with Crippen LogP contribution in [-0.4, -0.2) is 12.4 Å². The molecule has 0 N–H and O–H groups in total. The van der Waals surface area contributed by atoms with E-state index in [1.807, 2.05) is 6.92 Å². The van der Waals surface area contributed by atoms with E-state index in [1.54, 1.807) is 12.1 Å². The van der Waals surface area contributed by atoms with Gasteiger partial charge in [0.1, 0.15) is 5.75 Å². The Morgan fingerprint density at radius 3 is 2.40 bits per heavy atom. The smallest absolute Gasteiger partial charge is 0.167 e. The zero-order valence-electron chi connectivity index (χ0n) is 11.8. The van der Waals surface area contributed by atoms with Gasteiger partial charge < -0.3 is 4.74 Å². The van der Waals surface area contributed by atoms with Gasteiger partial charge in [0, 0.05) is 17.5 Å². The summed E-state index contributed by atoms with van der Waals surface area (Å²) in [5, 5.41) is 0.889. The third-order valence-electron chi connectivity index (χ3n) is 3.81. The van der Waals surface area contributed by atoms with Crippen LogP contribution in [0.4, 0.5) is 0 Å². The average molecular weight is 315 g/mol. The van der Waals surface area contributed by atoms with E-state index in [0.29, 0.717) is 28.0 Å². The Morgan fingerprint density at radius 1 is 1.15 bits per heavy atom. The zero-order chi connectivity index (χ0) is 14.5. The van der Waals surface area contributed by atoms with Crippen molar-refractivity contribution in [1.82, 2.24) is 0 Å². The molecule has 1 aliphatic rings. The highest BCUT2D eigenvalue weighted by molar-refractivity contribution is 6.36. The van der Waals surface area contributed by atoms with Crippen LogP contribution < -0.4 is 4.74 Å². The van der Waals surface area contributed by atoms with Crippen LogP contribution in [0.1, 0.15) is 55.8 Å². The monoisotopic (exact) mass is 314 g/mol. The maximum absolute atomic E-state index is 12.6. The lowest BCUT2D eigenvalue weighted by atomic mass is 9.91. The van der Waals surface area contributed by atoms with Crippen LogP contribution in [0.5, 0.6) is 5.75 Å². The number of Topliss-reactive ketones (excluding diaryl/α,β-unsaturated/α-hetero) is 1. The van der Waals surface area contributed by atoms with Crippen LogP contribution in [0.15, 0.2) is 12.1 Å². The molecule has 0 amide bonds. The van der Waals surface area contributed by atoms with E-state index < -0.39 is 0 Å². The number of benzene rings is 1. The minimum Gasteiger partial charge on any atom is -0.492 e. The molecule has 0 radical (unpaired) electrons. The van der Waals surface area contributed by atoms with Crippen molar-refractivity contribution in [1.29, 1.82) is 0 Å². The summed E-state index contributed by atoms with van der Waals surface area (Å²) in [6, 6.07) is 3.30. The summed E-state index contributed by atoms with van der Waals surface area (Å²) < 4.78 is 5.39. The molecule has 0 saturated heterocycles. The number of ketones is 1. The van der Waals surface area contributed by atoms with Gasteiger partial charge in [-0.25, -0.2) is 0 Å². The summed E-state index contributed by atoms with van der Waals surface area (Å²) in [6.07, 6.45) is 6.61. The van der Waals surface area contributed by atoms with E-state index in [4.69, 9.17) is 27.9 Å². The number of hydrogen-bond acceptors (Lipinski definition) is 2. The van der Waals surface area contributed by atoms with Crippen molar-refractivity contribution < 1.29 is 9.53 Å². The molecule has 1 aliphatic carbocycles. The summed E-state index contributed by atoms with van der Waals surface area (Å²) in [5.74, 6) is 0.752. The Kier molecular flexibility index (Phi) is 5.74. The molecule has 4 heteroatoms. The molecule has 1 saturated carbocycles. The van der Waals surface area contributed by atoms with Gasteiger partial charge >= 0.3 is 0 Å². The second kappa shape index (κ2) is 7.33. The molecule has 0 aliphatic heterocycles. The Balaban J connectivity index is 2.22. The van der Waals surface area contributed by atoms with Crippen LogP contribution in [0.2, 0.25) is 10.0 Å². The molecule has 0 atom stereocenters. The lowest BCUT2D eigenvalue weighted by molar-refractivity contribution is 0.0908. The van der Waals surface area contributed by atoms with Gasteiger partial charge in [0.25, 0.3) is 0 Å². The number of carbonyl (C=O) groups excluding carboxylic acids is 1. The van der Waals surface area contributed by atoms with Crippen molar-refractivity contribution in [3.63, 3.8) is 0 Å². The summed E-state index contributed by atoms with van der Waals surface area (Å²) in [4.78, 5) is 12.6. The fourth-order valence-corrected chi connectivity index (χ4v) is 3.21. The van der Waals surface area contributed by atoms with Crippen LogP contribution in [0, 0.1) is 5.92 Å². The van der Waals surface area contributed by atoms with E-state index >= 15 is 0 Å². The Morgan fingerprint density at radius 2 is 1.80 bits per heavy atom. The van der Waals surface area contributed by atoms with Gasteiger partial charge in [-0.3, -0.25) is 4.79 Å². The van der Waals surface area contributed by atoms with Crippen LogP contribution in [-0.2, 0) is 0 Å². The first kappa shape index (κ1) is 15.7. The zero-order valence-corrected chi connectivity index (χ0v) is 13.3. The van der Waals surface area contributed by atoms with E-state index in [2.05, 4.69) is 0 Å². The summed E-state index contributed by atoms with van der Waals surface area (Å²) >= 11 is 12.4. The molecule has 110 valence electrons. The standard InChI is InChI=1S/C16H20Cl2O2/c1-2-20-15-10-13(17)12(9-14(15)18)16(19)11-7-5-3-4-6-8-11/h9-11H,2-8H2,1H3. The van der Waals surface area contributed by atoms with Crippen LogP contribution in [0.3, 0.4) is 0 Å². The first-order chi connectivity index (χ1) is 9.63. The molecule has 0 aromatic heterocycles. The second-order valence-electron chi connectivity index (χ2n) is 5.25. The molecule has 1 aromatic rings. The molecule has 1 fully saturated rings. The van der Waals surface area contributed by atoms with Crippen molar-refractivity contribution in [3.8, 4) is 5.75 Å². The van der Waals surface area contributed by atoms with Crippen molar-refractivity contribution in [2.24, 2.45) is 5.92 Å². The number of carbonyl (C=O) groups is 1. The van der Waals surface area contributed by atoms with Gasteiger partial charge in [0.05, 0.1) is 16.7 Å². The topological polar surface area (TPSA) is 26.3 Å². The van der Waals surface area contributed by atoms with Gasteiger partial charge in [-0.1, -0.05) is 48.9 Å². The van der Waals surface area contributed by atoms with Gasteiger partial charge in [-0.05, 0) is 25.8 Å². The maximum Gasteiger partial charge on any atom is 0.167 e. The van der Waals surface area contributed by atoms with Crippen molar-refractivity contribution >= 4 is 29.0 Å². The molecule has 2 nitrogen and oxygen atoms in total. The maximum atomic E-state index is 12.6. The quantitative estimate of drug-likeness (QED) is 0.538. The first-order valence-electron chi connectivity index (χ1n) is 7.29. The summed E-state index contributed by atoms with van der Waals surface area (Å²) in [5.41, 5.74) is 0.534. The SMILES string of the molecule is CCOc1cc(Cl)c(C(=O)C2CCCCCC2)cc1Cl. The molecule has 0 bridgehead atoms. The average Bonchev–Trinajstić information content (AvgIpc) is 2.71. The number of ether oxygens (including phenoxy) is 1. The van der Waals surface area contributed by atoms with Crippen molar-refractivity contribution in [3.05, 3.63) is 27.7 Å². The lowest BCUT2D eigenvalue weighted by Gasteiger charge is -2.15.